The second-order valence-corrected chi connectivity index (χ2v) is 5.41. The van der Waals surface area contributed by atoms with Crippen molar-refractivity contribution in [1.82, 2.24) is 10.9 Å². The van der Waals surface area contributed by atoms with E-state index in [2.05, 4.69) is 16.2 Å². The summed E-state index contributed by atoms with van der Waals surface area (Å²) in [6.45, 7) is 0. The monoisotopic (exact) mass is 313 g/mol. The summed E-state index contributed by atoms with van der Waals surface area (Å²) >= 11 is 0. The van der Waals surface area contributed by atoms with Gasteiger partial charge in [-0.3, -0.25) is 4.79 Å². The summed E-state index contributed by atoms with van der Waals surface area (Å²) in [5.41, 5.74) is 7.49. The van der Waals surface area contributed by atoms with E-state index in [-0.39, 0.29) is 23.7 Å². The van der Waals surface area contributed by atoms with Crippen molar-refractivity contribution in [2.45, 2.75) is 18.5 Å². The smallest absolute Gasteiger partial charge is 0.242 e. The summed E-state index contributed by atoms with van der Waals surface area (Å²) in [6, 6.07) is 13.8. The number of methoxy groups -OCH3 is 1. The highest BCUT2D eigenvalue weighted by Gasteiger charge is 2.31. The highest BCUT2D eigenvalue weighted by atomic mass is 16.5. The Hall–Kier alpha value is -2.57. The number of hydrazine groups is 1. The van der Waals surface area contributed by atoms with E-state index in [1.165, 1.54) is 0 Å². The second kappa shape index (κ2) is 6.68. The number of ether oxygens (including phenoxy) is 1. The van der Waals surface area contributed by atoms with Crippen molar-refractivity contribution >= 4 is 11.6 Å². The highest BCUT2D eigenvalue weighted by Crippen LogP contribution is 2.29. The molecule has 0 radical (unpaired) electrons. The van der Waals surface area contributed by atoms with E-state index in [1.54, 1.807) is 25.3 Å². The van der Waals surface area contributed by atoms with Gasteiger partial charge in [0.1, 0.15) is 17.5 Å². The molecule has 0 spiro atoms. The molecule has 2 aromatic carbocycles. The third-order valence-electron chi connectivity index (χ3n) is 3.87. The van der Waals surface area contributed by atoms with Gasteiger partial charge in [0.25, 0.3) is 0 Å². The predicted octanol–water partition coefficient (Wildman–Crippen LogP) is 1.95. The number of rotatable bonds is 4. The zero-order chi connectivity index (χ0) is 16.2. The maximum Gasteiger partial charge on any atom is 0.242 e. The van der Waals surface area contributed by atoms with Crippen LogP contribution in [0.25, 0.3) is 0 Å². The fourth-order valence-electron chi connectivity index (χ4n) is 2.64. The van der Waals surface area contributed by atoms with Crippen LogP contribution in [0.1, 0.15) is 18.0 Å². The maximum absolute atomic E-state index is 12.4. The Morgan fingerprint density at radius 2 is 2.04 bits per heavy atom. The minimum Gasteiger partial charge on any atom is -0.508 e. The van der Waals surface area contributed by atoms with Gasteiger partial charge in [-0.15, -0.1) is 0 Å². The number of hydrogen-bond donors (Lipinski definition) is 4. The van der Waals surface area contributed by atoms with Crippen LogP contribution in [0.2, 0.25) is 0 Å². The van der Waals surface area contributed by atoms with Crippen molar-refractivity contribution in [3.63, 3.8) is 0 Å². The van der Waals surface area contributed by atoms with Gasteiger partial charge >= 0.3 is 0 Å². The average molecular weight is 313 g/mol. The summed E-state index contributed by atoms with van der Waals surface area (Å²) < 4.78 is 5.14. The normalized spacial score (nSPS) is 20.2. The Balaban J connectivity index is 1.64. The summed E-state index contributed by atoms with van der Waals surface area (Å²) in [5, 5.41) is 12.8. The molecular formula is C17H19N3O3. The molecule has 2 unspecified atom stereocenters. The van der Waals surface area contributed by atoms with E-state index < -0.39 is 0 Å². The van der Waals surface area contributed by atoms with Gasteiger partial charge in [0, 0.05) is 17.3 Å². The number of phenols is 1. The van der Waals surface area contributed by atoms with E-state index in [0.717, 1.165) is 5.56 Å². The molecule has 0 aromatic heterocycles. The molecule has 2 atom stereocenters. The second-order valence-electron chi connectivity index (χ2n) is 5.41. The molecule has 0 aliphatic carbocycles. The Kier molecular flexibility index (Phi) is 4.45. The molecule has 1 amide bonds. The van der Waals surface area contributed by atoms with E-state index in [4.69, 9.17) is 4.74 Å². The molecule has 1 heterocycles. The first-order chi connectivity index (χ1) is 11.2. The third kappa shape index (κ3) is 3.44. The number of aromatic hydroxyl groups is 1. The predicted molar refractivity (Wildman–Crippen MR) is 87.1 cm³/mol. The Morgan fingerprint density at radius 3 is 2.83 bits per heavy atom. The Labute approximate surface area is 134 Å². The van der Waals surface area contributed by atoms with Gasteiger partial charge in [-0.05, 0) is 24.6 Å². The van der Waals surface area contributed by atoms with E-state index in [1.807, 2.05) is 30.3 Å². The molecule has 1 saturated heterocycles. The van der Waals surface area contributed by atoms with Crippen molar-refractivity contribution in [2.75, 3.05) is 12.4 Å². The number of carbonyl (C=O) groups excluding carboxylic acids is 1. The number of anilines is 1. The number of nitrogens with one attached hydrogen (secondary N) is 3. The van der Waals surface area contributed by atoms with E-state index in [0.29, 0.717) is 17.9 Å². The Bertz CT molecular complexity index is 705. The van der Waals surface area contributed by atoms with Crippen molar-refractivity contribution in [3.8, 4) is 11.5 Å². The molecule has 0 saturated carbocycles. The van der Waals surface area contributed by atoms with Crippen molar-refractivity contribution in [1.29, 1.82) is 0 Å². The zero-order valence-electron chi connectivity index (χ0n) is 12.7. The lowest BCUT2D eigenvalue weighted by Crippen LogP contribution is -2.39. The quantitative estimate of drug-likeness (QED) is 0.693. The summed E-state index contributed by atoms with van der Waals surface area (Å²) in [6.07, 6.45) is 0.549. The third-order valence-corrected chi connectivity index (χ3v) is 3.87. The van der Waals surface area contributed by atoms with Gasteiger partial charge in [0.15, 0.2) is 0 Å². The van der Waals surface area contributed by atoms with Crippen LogP contribution in [0.5, 0.6) is 11.5 Å². The molecule has 1 aliphatic rings. The number of hydrogen-bond acceptors (Lipinski definition) is 5. The molecule has 6 heteroatoms. The van der Waals surface area contributed by atoms with Crippen molar-refractivity contribution in [3.05, 3.63) is 54.1 Å². The lowest BCUT2D eigenvalue weighted by molar-refractivity contribution is -0.117. The highest BCUT2D eigenvalue weighted by molar-refractivity contribution is 5.95. The van der Waals surface area contributed by atoms with Crippen LogP contribution in [0, 0.1) is 0 Å². The average Bonchev–Trinajstić information content (AvgIpc) is 3.05. The molecule has 1 fully saturated rings. The standard InChI is InChI=1S/C17H19N3O3/c1-23-12-6-4-5-11(9-12)18-17(22)15-10-14(19-20-15)13-7-2-3-8-16(13)21/h2-9,14-15,19-21H,10H2,1H3,(H,18,22). The fraction of sp³-hybridized carbons (Fsp3) is 0.235. The SMILES string of the molecule is COc1cccc(NC(=O)C2CC(c3ccccc3O)NN2)c1. The van der Waals surface area contributed by atoms with Gasteiger partial charge in [-0.25, -0.2) is 10.9 Å². The zero-order valence-corrected chi connectivity index (χ0v) is 12.7. The van der Waals surface area contributed by atoms with Crippen LogP contribution in [-0.4, -0.2) is 24.2 Å². The number of benzene rings is 2. The molecule has 0 bridgehead atoms. The molecule has 1 aliphatic heterocycles. The summed E-state index contributed by atoms with van der Waals surface area (Å²) in [7, 11) is 1.58. The molecule has 4 N–H and O–H groups in total. The van der Waals surface area contributed by atoms with Crippen LogP contribution in [0.4, 0.5) is 5.69 Å². The maximum atomic E-state index is 12.4. The van der Waals surface area contributed by atoms with Gasteiger partial charge in [-0.1, -0.05) is 24.3 Å². The van der Waals surface area contributed by atoms with Crippen LogP contribution in [0.3, 0.4) is 0 Å². The summed E-state index contributed by atoms with van der Waals surface area (Å²) in [4.78, 5) is 12.4. The first kappa shape index (κ1) is 15.3. The van der Waals surface area contributed by atoms with E-state index in [9.17, 15) is 9.90 Å². The van der Waals surface area contributed by atoms with Crippen LogP contribution < -0.4 is 20.9 Å². The van der Waals surface area contributed by atoms with E-state index >= 15 is 0 Å². The summed E-state index contributed by atoms with van der Waals surface area (Å²) in [5.74, 6) is 0.775. The van der Waals surface area contributed by atoms with Crippen LogP contribution >= 0.6 is 0 Å². The van der Waals surface area contributed by atoms with Crippen LogP contribution in [0.15, 0.2) is 48.5 Å². The molecule has 120 valence electrons. The molecular weight excluding hydrogens is 294 g/mol. The Morgan fingerprint density at radius 1 is 1.22 bits per heavy atom. The lowest BCUT2D eigenvalue weighted by Gasteiger charge is -2.12. The molecule has 3 rings (SSSR count). The minimum atomic E-state index is -0.384. The number of carbonyl (C=O) groups is 1. The molecule has 2 aromatic rings. The van der Waals surface area contributed by atoms with Crippen LogP contribution in [-0.2, 0) is 4.79 Å². The lowest BCUT2D eigenvalue weighted by atomic mass is 10.0. The molecule has 23 heavy (non-hydrogen) atoms. The molecule has 6 nitrogen and oxygen atoms in total. The number of phenolic OH excluding ortho intramolecular Hbond substituents is 1. The first-order valence-electron chi connectivity index (χ1n) is 7.41. The fourth-order valence-corrected chi connectivity index (χ4v) is 2.64. The van der Waals surface area contributed by atoms with Gasteiger partial charge in [0.05, 0.1) is 13.2 Å². The topological polar surface area (TPSA) is 82.6 Å². The van der Waals surface area contributed by atoms with Gasteiger partial charge < -0.3 is 15.2 Å². The first-order valence-corrected chi connectivity index (χ1v) is 7.41. The number of para-hydroxylation sites is 1. The number of amides is 1. The van der Waals surface area contributed by atoms with Crippen molar-refractivity contribution in [2.24, 2.45) is 0 Å². The van der Waals surface area contributed by atoms with Gasteiger partial charge in [0.2, 0.25) is 5.91 Å². The largest absolute Gasteiger partial charge is 0.508 e. The minimum absolute atomic E-state index is 0.114. The van der Waals surface area contributed by atoms with Crippen molar-refractivity contribution < 1.29 is 14.6 Å². The van der Waals surface area contributed by atoms with Gasteiger partial charge in [-0.2, -0.15) is 0 Å².